The summed E-state index contributed by atoms with van der Waals surface area (Å²) in [6.07, 6.45) is 8.57. The third-order valence-electron chi connectivity index (χ3n) is 6.14. The summed E-state index contributed by atoms with van der Waals surface area (Å²) in [4.78, 5) is 3.70. The van der Waals surface area contributed by atoms with Crippen LogP contribution in [0.4, 0.5) is 0 Å². The van der Waals surface area contributed by atoms with Gasteiger partial charge in [-0.25, -0.2) is 0 Å². The van der Waals surface area contributed by atoms with Crippen LogP contribution in [-0.2, 0) is 6.42 Å². The number of nitrogens with one attached hydrogen (secondary N) is 1. The van der Waals surface area contributed by atoms with Gasteiger partial charge in [-0.2, -0.15) is 0 Å². The van der Waals surface area contributed by atoms with Gasteiger partial charge in [0.2, 0.25) is 0 Å². The quantitative estimate of drug-likeness (QED) is 0.857. The van der Waals surface area contributed by atoms with Crippen LogP contribution in [0, 0.1) is 30.6 Å². The van der Waals surface area contributed by atoms with Crippen molar-refractivity contribution in [1.29, 1.82) is 0 Å². The monoisotopic (exact) mass is 258 g/mol. The molecule has 0 aliphatic heterocycles. The number of nitrogens with two attached hydrogens (primary N) is 1. The number of aromatic nitrogens is 1. The molecule has 19 heavy (non-hydrogen) atoms. The zero-order chi connectivity index (χ0) is 13.0. The fraction of sp³-hybridized carbons (Fsp3) is 0.765. The highest BCUT2D eigenvalue weighted by molar-refractivity contribution is 5.29. The van der Waals surface area contributed by atoms with Crippen molar-refractivity contribution in [2.75, 3.05) is 6.54 Å². The molecule has 4 fully saturated rings. The van der Waals surface area contributed by atoms with Gasteiger partial charge in [0.1, 0.15) is 0 Å². The van der Waals surface area contributed by atoms with Crippen molar-refractivity contribution >= 4 is 0 Å². The van der Waals surface area contributed by atoms with Crippen LogP contribution < -0.4 is 5.73 Å². The number of rotatable bonds is 3. The molecule has 1 aromatic rings. The normalized spacial score (nSPS) is 40.0. The van der Waals surface area contributed by atoms with E-state index in [9.17, 15) is 0 Å². The Morgan fingerprint density at radius 2 is 1.74 bits per heavy atom. The number of hydrogen-bond acceptors (Lipinski definition) is 1. The maximum absolute atomic E-state index is 5.72. The van der Waals surface area contributed by atoms with Gasteiger partial charge in [-0.1, -0.05) is 0 Å². The van der Waals surface area contributed by atoms with Crippen LogP contribution in [0.1, 0.15) is 55.0 Å². The predicted octanol–water partition coefficient (Wildman–Crippen LogP) is 3.36. The average Bonchev–Trinajstić information content (AvgIpc) is 2.70. The summed E-state index contributed by atoms with van der Waals surface area (Å²) in [5.41, 5.74) is 10.1. The van der Waals surface area contributed by atoms with Crippen LogP contribution in [0.5, 0.6) is 0 Å². The molecule has 1 heterocycles. The van der Waals surface area contributed by atoms with E-state index < -0.39 is 0 Å². The molecule has 4 aliphatic rings. The smallest absolute Gasteiger partial charge is 0.0189 e. The SMILES string of the molecule is Cc1[nH]c(C2C3CC4CC(C3)CC2C4)cc1CCN. The standard InChI is InChI=1S/C17H26N2/c1-10-13(2-3-18)9-16(19-10)17-14-5-11-4-12(7-14)8-15(17)6-11/h9,11-12,14-15,17,19H,2-8,18H2,1H3. The lowest BCUT2D eigenvalue weighted by molar-refractivity contribution is -0.00401. The molecule has 0 atom stereocenters. The Morgan fingerprint density at radius 3 is 2.32 bits per heavy atom. The Morgan fingerprint density at radius 1 is 1.11 bits per heavy atom. The van der Waals surface area contributed by atoms with E-state index in [0.29, 0.717) is 0 Å². The number of hydrogen-bond donors (Lipinski definition) is 2. The summed E-state index contributed by atoms with van der Waals surface area (Å²) in [6.45, 7) is 2.98. The van der Waals surface area contributed by atoms with Crippen LogP contribution >= 0.6 is 0 Å². The zero-order valence-electron chi connectivity index (χ0n) is 12.0. The Hall–Kier alpha value is -0.760. The summed E-state index contributed by atoms with van der Waals surface area (Å²) in [6, 6.07) is 2.44. The molecule has 0 spiro atoms. The summed E-state index contributed by atoms with van der Waals surface area (Å²) >= 11 is 0. The van der Waals surface area contributed by atoms with Crippen LogP contribution in [0.15, 0.2) is 6.07 Å². The highest BCUT2D eigenvalue weighted by Crippen LogP contribution is 2.59. The Labute approximate surface area is 116 Å². The van der Waals surface area contributed by atoms with Crippen molar-refractivity contribution in [2.24, 2.45) is 29.4 Å². The van der Waals surface area contributed by atoms with Crippen LogP contribution in [0.2, 0.25) is 0 Å². The van der Waals surface area contributed by atoms with Crippen LogP contribution in [0.25, 0.3) is 0 Å². The lowest BCUT2D eigenvalue weighted by Gasteiger charge is -2.54. The van der Waals surface area contributed by atoms with Crippen molar-refractivity contribution in [2.45, 2.75) is 51.4 Å². The van der Waals surface area contributed by atoms with Gasteiger partial charge in [-0.3, -0.25) is 0 Å². The second-order valence-electron chi connectivity index (χ2n) is 7.37. The molecule has 4 saturated carbocycles. The highest BCUT2D eigenvalue weighted by Gasteiger charge is 2.48. The van der Waals surface area contributed by atoms with Gasteiger partial charge in [-0.05, 0) is 87.3 Å². The summed E-state index contributed by atoms with van der Waals surface area (Å²) in [5.74, 6) is 4.91. The van der Waals surface area contributed by atoms with Crippen molar-refractivity contribution in [3.05, 3.63) is 23.0 Å². The second kappa shape index (κ2) is 4.37. The largest absolute Gasteiger partial charge is 0.362 e. The van der Waals surface area contributed by atoms with Gasteiger partial charge in [0.15, 0.2) is 0 Å². The molecule has 2 heteroatoms. The second-order valence-corrected chi connectivity index (χ2v) is 7.37. The predicted molar refractivity (Wildman–Crippen MR) is 78.1 cm³/mol. The third kappa shape index (κ3) is 1.87. The number of aryl methyl sites for hydroxylation is 1. The molecule has 0 aromatic carbocycles. The van der Waals surface area contributed by atoms with Gasteiger partial charge in [0, 0.05) is 17.3 Å². The first-order valence-corrected chi connectivity index (χ1v) is 8.13. The fourth-order valence-electron chi connectivity index (χ4n) is 5.66. The molecule has 4 bridgehead atoms. The molecular weight excluding hydrogens is 232 g/mol. The van der Waals surface area contributed by atoms with Gasteiger partial charge in [0.25, 0.3) is 0 Å². The van der Waals surface area contributed by atoms with Crippen molar-refractivity contribution in [3.63, 3.8) is 0 Å². The average molecular weight is 258 g/mol. The van der Waals surface area contributed by atoms with E-state index in [2.05, 4.69) is 18.0 Å². The molecule has 0 unspecified atom stereocenters. The van der Waals surface area contributed by atoms with Gasteiger partial charge in [-0.15, -0.1) is 0 Å². The molecule has 1 aromatic heterocycles. The first-order valence-electron chi connectivity index (χ1n) is 8.13. The molecule has 5 rings (SSSR count). The fourth-order valence-corrected chi connectivity index (χ4v) is 5.66. The van der Waals surface area contributed by atoms with E-state index in [0.717, 1.165) is 42.6 Å². The lowest BCUT2D eigenvalue weighted by Crippen LogP contribution is -2.43. The van der Waals surface area contributed by atoms with E-state index in [1.165, 1.54) is 42.6 Å². The van der Waals surface area contributed by atoms with Gasteiger partial charge < -0.3 is 10.7 Å². The van der Waals surface area contributed by atoms with E-state index in [-0.39, 0.29) is 0 Å². The minimum Gasteiger partial charge on any atom is -0.362 e. The number of H-pyrrole nitrogens is 1. The summed E-state index contributed by atoms with van der Waals surface area (Å²) in [5, 5.41) is 0. The molecular formula is C17H26N2. The van der Waals surface area contributed by atoms with Crippen molar-refractivity contribution in [1.82, 2.24) is 4.98 Å². The van der Waals surface area contributed by atoms with E-state index in [1.54, 1.807) is 6.42 Å². The molecule has 4 aliphatic carbocycles. The molecule has 0 amide bonds. The maximum Gasteiger partial charge on any atom is 0.0189 e. The van der Waals surface area contributed by atoms with Crippen molar-refractivity contribution in [3.8, 4) is 0 Å². The Bertz CT molecular complexity index is 446. The first kappa shape index (κ1) is 12.0. The van der Waals surface area contributed by atoms with Crippen LogP contribution in [-0.4, -0.2) is 11.5 Å². The zero-order valence-corrected chi connectivity index (χ0v) is 12.0. The minimum absolute atomic E-state index is 0.764. The van der Waals surface area contributed by atoms with Crippen molar-refractivity contribution < 1.29 is 0 Å². The first-order chi connectivity index (χ1) is 9.24. The molecule has 2 nitrogen and oxygen atoms in total. The van der Waals surface area contributed by atoms with E-state index in [4.69, 9.17) is 5.73 Å². The molecule has 0 radical (unpaired) electrons. The van der Waals surface area contributed by atoms with E-state index >= 15 is 0 Å². The number of aromatic amines is 1. The summed E-state index contributed by atoms with van der Waals surface area (Å²) < 4.78 is 0. The van der Waals surface area contributed by atoms with Gasteiger partial charge in [0.05, 0.1) is 0 Å². The van der Waals surface area contributed by atoms with Gasteiger partial charge >= 0.3 is 0 Å². The Balaban J connectivity index is 1.63. The lowest BCUT2D eigenvalue weighted by atomic mass is 9.51. The van der Waals surface area contributed by atoms with Crippen LogP contribution in [0.3, 0.4) is 0 Å². The minimum atomic E-state index is 0.764. The molecule has 3 N–H and O–H groups in total. The topological polar surface area (TPSA) is 41.8 Å². The highest BCUT2D eigenvalue weighted by atomic mass is 14.8. The Kier molecular flexibility index (Phi) is 2.77. The molecule has 104 valence electrons. The maximum atomic E-state index is 5.72. The summed E-state index contributed by atoms with van der Waals surface area (Å²) in [7, 11) is 0. The third-order valence-corrected chi connectivity index (χ3v) is 6.14. The molecule has 0 saturated heterocycles. The van der Waals surface area contributed by atoms with E-state index in [1.807, 2.05) is 0 Å².